The predicted molar refractivity (Wildman–Crippen MR) is 76.4 cm³/mol. The zero-order valence-electron chi connectivity index (χ0n) is 12.5. The first-order valence-electron chi connectivity index (χ1n) is 6.73. The van der Waals surface area contributed by atoms with E-state index in [1.807, 2.05) is 0 Å². The Morgan fingerprint density at radius 2 is 1.96 bits per heavy atom. The van der Waals surface area contributed by atoms with Crippen LogP contribution in [-0.4, -0.2) is 44.8 Å². The number of carboxylic acids is 1. The summed E-state index contributed by atoms with van der Waals surface area (Å²) in [7, 11) is -3.61. The summed E-state index contributed by atoms with van der Waals surface area (Å²) in [6.07, 6.45) is -4.33. The van der Waals surface area contributed by atoms with Crippen molar-refractivity contribution in [2.24, 2.45) is 0 Å². The topological polar surface area (TPSA) is 95.5 Å². The van der Waals surface area contributed by atoms with Gasteiger partial charge in [0.1, 0.15) is 5.82 Å². The third-order valence-electron chi connectivity index (χ3n) is 3.08. The molecular formula is C13H16F4N2O4S. The van der Waals surface area contributed by atoms with Crippen LogP contribution in [0.15, 0.2) is 23.1 Å². The first kappa shape index (κ1) is 20.3. The summed E-state index contributed by atoms with van der Waals surface area (Å²) < 4.78 is 71.5. The standard InChI is InChI=1S/C11H15FN2O2S.C2HF3O2/c1-8-2-3-10(6-11(8)12)17(15,16)14-9-4-5-13-7-9;3-2(4,5)1(6)7/h2-3,6,9,13-14H,4-5,7H2,1H3;(H,6,7)/t9-;/m1./s1. The Balaban J connectivity index is 0.000000351. The lowest BCUT2D eigenvalue weighted by Gasteiger charge is -2.12. The van der Waals surface area contributed by atoms with Crippen LogP contribution in [0.4, 0.5) is 17.6 Å². The van der Waals surface area contributed by atoms with Crippen molar-refractivity contribution >= 4 is 16.0 Å². The van der Waals surface area contributed by atoms with Crippen LogP contribution < -0.4 is 10.0 Å². The third-order valence-corrected chi connectivity index (χ3v) is 4.60. The normalized spacial score (nSPS) is 18.0. The smallest absolute Gasteiger partial charge is 0.475 e. The number of alkyl halides is 3. The van der Waals surface area contributed by atoms with Crippen LogP contribution in [0.25, 0.3) is 0 Å². The van der Waals surface area contributed by atoms with Gasteiger partial charge in [0.25, 0.3) is 0 Å². The van der Waals surface area contributed by atoms with Crippen LogP contribution in [0.2, 0.25) is 0 Å². The molecule has 3 N–H and O–H groups in total. The minimum Gasteiger partial charge on any atom is -0.475 e. The summed E-state index contributed by atoms with van der Waals surface area (Å²) in [5.74, 6) is -3.26. The maximum Gasteiger partial charge on any atom is 0.490 e. The molecule has 1 aromatic rings. The Morgan fingerprint density at radius 1 is 1.38 bits per heavy atom. The monoisotopic (exact) mass is 372 g/mol. The Kier molecular flexibility index (Phi) is 6.69. The van der Waals surface area contributed by atoms with Gasteiger partial charge in [0, 0.05) is 12.6 Å². The van der Waals surface area contributed by atoms with Gasteiger partial charge in [0.2, 0.25) is 10.0 Å². The maximum atomic E-state index is 13.3. The largest absolute Gasteiger partial charge is 0.490 e. The lowest BCUT2D eigenvalue weighted by Crippen LogP contribution is -2.36. The molecule has 1 heterocycles. The van der Waals surface area contributed by atoms with Gasteiger partial charge in [-0.2, -0.15) is 13.2 Å². The predicted octanol–water partition coefficient (Wildman–Crippen LogP) is 1.41. The second-order valence-corrected chi connectivity index (χ2v) is 6.74. The number of nitrogens with one attached hydrogen (secondary N) is 2. The first-order chi connectivity index (χ1) is 10.9. The molecule has 0 saturated carbocycles. The van der Waals surface area contributed by atoms with Crippen LogP contribution in [0, 0.1) is 12.7 Å². The van der Waals surface area contributed by atoms with E-state index in [4.69, 9.17) is 9.90 Å². The number of halogens is 4. The minimum atomic E-state index is -5.08. The number of carbonyl (C=O) groups is 1. The molecule has 1 aliphatic heterocycles. The number of rotatable bonds is 3. The average Bonchev–Trinajstić information content (AvgIpc) is 2.93. The minimum absolute atomic E-state index is 0.0208. The molecule has 0 radical (unpaired) electrons. The quantitative estimate of drug-likeness (QED) is 0.698. The Bertz CT molecular complexity index is 686. The molecule has 11 heteroatoms. The molecule has 0 bridgehead atoms. The molecule has 1 aromatic carbocycles. The van der Waals surface area contributed by atoms with E-state index in [9.17, 15) is 26.0 Å². The van der Waals surface area contributed by atoms with Crippen molar-refractivity contribution < 1.29 is 35.9 Å². The molecule has 0 aromatic heterocycles. The number of aliphatic carboxylic acids is 1. The van der Waals surface area contributed by atoms with Gasteiger partial charge in [-0.1, -0.05) is 6.07 Å². The third kappa shape index (κ3) is 6.06. The Hall–Kier alpha value is -1.72. The number of benzene rings is 1. The van der Waals surface area contributed by atoms with E-state index in [1.165, 1.54) is 12.1 Å². The molecule has 1 aliphatic rings. The van der Waals surface area contributed by atoms with Crippen molar-refractivity contribution in [3.63, 3.8) is 0 Å². The van der Waals surface area contributed by atoms with E-state index < -0.39 is 28.0 Å². The zero-order chi connectivity index (χ0) is 18.5. The Morgan fingerprint density at radius 3 is 2.38 bits per heavy atom. The average molecular weight is 372 g/mol. The molecule has 0 aliphatic carbocycles. The number of hydrogen-bond acceptors (Lipinski definition) is 4. The van der Waals surface area contributed by atoms with Crippen molar-refractivity contribution in [2.75, 3.05) is 13.1 Å². The van der Waals surface area contributed by atoms with Crippen molar-refractivity contribution in [1.82, 2.24) is 10.0 Å². The SMILES string of the molecule is Cc1ccc(S(=O)(=O)N[C@@H]2CCNC2)cc1F.O=C(O)C(F)(F)F. The van der Waals surface area contributed by atoms with Crippen molar-refractivity contribution in [3.05, 3.63) is 29.6 Å². The van der Waals surface area contributed by atoms with Crippen molar-refractivity contribution in [2.45, 2.75) is 30.5 Å². The highest BCUT2D eigenvalue weighted by Crippen LogP contribution is 2.15. The van der Waals surface area contributed by atoms with Crippen LogP contribution in [0.3, 0.4) is 0 Å². The summed E-state index contributed by atoms with van der Waals surface area (Å²) >= 11 is 0. The molecule has 24 heavy (non-hydrogen) atoms. The fraction of sp³-hybridized carbons (Fsp3) is 0.462. The van der Waals surface area contributed by atoms with Crippen LogP contribution in [-0.2, 0) is 14.8 Å². The zero-order valence-corrected chi connectivity index (χ0v) is 13.3. The number of hydrogen-bond donors (Lipinski definition) is 3. The summed E-state index contributed by atoms with van der Waals surface area (Å²) in [6.45, 7) is 3.02. The molecule has 1 saturated heterocycles. The molecule has 1 atom stereocenters. The van der Waals surface area contributed by atoms with Gasteiger partial charge < -0.3 is 10.4 Å². The van der Waals surface area contributed by atoms with E-state index in [-0.39, 0.29) is 10.9 Å². The highest BCUT2D eigenvalue weighted by molar-refractivity contribution is 7.89. The highest BCUT2D eigenvalue weighted by Gasteiger charge is 2.38. The van der Waals surface area contributed by atoms with Crippen molar-refractivity contribution in [1.29, 1.82) is 0 Å². The van der Waals surface area contributed by atoms with Gasteiger partial charge in [0.15, 0.2) is 0 Å². The molecule has 0 spiro atoms. The van der Waals surface area contributed by atoms with E-state index in [1.54, 1.807) is 6.92 Å². The molecule has 136 valence electrons. The van der Waals surface area contributed by atoms with Gasteiger partial charge in [-0.3, -0.25) is 0 Å². The van der Waals surface area contributed by atoms with Gasteiger partial charge >= 0.3 is 12.1 Å². The summed E-state index contributed by atoms with van der Waals surface area (Å²) in [5.41, 5.74) is 0.437. The van der Waals surface area contributed by atoms with Gasteiger partial charge in [-0.25, -0.2) is 22.3 Å². The highest BCUT2D eigenvalue weighted by atomic mass is 32.2. The van der Waals surface area contributed by atoms with E-state index >= 15 is 0 Å². The fourth-order valence-corrected chi connectivity index (χ4v) is 3.07. The molecular weight excluding hydrogens is 356 g/mol. The summed E-state index contributed by atoms with van der Waals surface area (Å²) in [4.78, 5) is 8.87. The van der Waals surface area contributed by atoms with Crippen LogP contribution >= 0.6 is 0 Å². The molecule has 6 nitrogen and oxygen atoms in total. The number of sulfonamides is 1. The summed E-state index contributed by atoms with van der Waals surface area (Å²) in [5, 5.41) is 10.2. The second kappa shape index (κ2) is 7.90. The van der Waals surface area contributed by atoms with Gasteiger partial charge in [-0.15, -0.1) is 0 Å². The fourth-order valence-electron chi connectivity index (χ4n) is 1.78. The molecule has 0 unspecified atom stereocenters. The van der Waals surface area contributed by atoms with E-state index in [2.05, 4.69) is 10.0 Å². The summed E-state index contributed by atoms with van der Waals surface area (Å²) in [6, 6.07) is 3.84. The van der Waals surface area contributed by atoms with Crippen molar-refractivity contribution in [3.8, 4) is 0 Å². The number of aryl methyl sites for hydroxylation is 1. The van der Waals surface area contributed by atoms with Crippen LogP contribution in [0.1, 0.15) is 12.0 Å². The van der Waals surface area contributed by atoms with Gasteiger partial charge in [-0.05, 0) is 37.6 Å². The van der Waals surface area contributed by atoms with Gasteiger partial charge in [0.05, 0.1) is 4.90 Å². The second-order valence-electron chi connectivity index (χ2n) is 5.02. The maximum absolute atomic E-state index is 13.3. The molecule has 1 fully saturated rings. The lowest BCUT2D eigenvalue weighted by atomic mass is 10.2. The first-order valence-corrected chi connectivity index (χ1v) is 8.21. The van der Waals surface area contributed by atoms with Crippen LogP contribution in [0.5, 0.6) is 0 Å². The lowest BCUT2D eigenvalue weighted by molar-refractivity contribution is -0.192. The Labute approximate surface area is 135 Å². The van der Waals surface area contributed by atoms with E-state index in [0.717, 1.165) is 19.0 Å². The van der Waals surface area contributed by atoms with E-state index in [0.29, 0.717) is 12.1 Å². The number of carboxylic acid groups (broad SMARTS) is 1. The molecule has 0 amide bonds. The molecule has 2 rings (SSSR count).